The molecule has 0 bridgehead atoms. The molecule has 1 atom stereocenters. The quantitative estimate of drug-likeness (QED) is 0.588. The maximum Gasteiger partial charge on any atom is 0.262 e. The van der Waals surface area contributed by atoms with Crippen LogP contribution in [0.3, 0.4) is 0 Å². The van der Waals surface area contributed by atoms with Crippen LogP contribution >= 0.6 is 11.6 Å². The summed E-state index contributed by atoms with van der Waals surface area (Å²) in [5.41, 5.74) is 3.59. The van der Waals surface area contributed by atoms with E-state index in [2.05, 4.69) is 10.3 Å². The van der Waals surface area contributed by atoms with Crippen molar-refractivity contribution in [2.75, 3.05) is 23.9 Å². The number of hydrogen-bond acceptors (Lipinski definition) is 5. The lowest BCUT2D eigenvalue weighted by atomic mass is 10.1. The number of nitrogens with one attached hydrogen (secondary N) is 1. The second-order valence-electron chi connectivity index (χ2n) is 6.89. The Morgan fingerprint density at radius 3 is 2.67 bits per heavy atom. The maximum absolute atomic E-state index is 13.2. The smallest absolute Gasteiger partial charge is 0.262 e. The van der Waals surface area contributed by atoms with Gasteiger partial charge in [0.05, 0.1) is 30.7 Å². The number of anilines is 2. The molecule has 0 fully saturated rings. The number of carbonyl (C=O) groups excluding carboxylic acids is 1. The van der Waals surface area contributed by atoms with Crippen LogP contribution in [0.1, 0.15) is 34.7 Å². The van der Waals surface area contributed by atoms with Crippen molar-refractivity contribution in [1.29, 1.82) is 0 Å². The minimum absolute atomic E-state index is 0.121. The Morgan fingerprint density at radius 2 is 1.97 bits per heavy atom. The standard InChI is InChI=1S/C23H22ClN3O3/c1-4-30-16-9-7-15(8-10-16)27-22(21-17(23(27)28)6-5-11-25-21)26-19-12-14(2)18(24)13-20(19)29-3/h5-13,22,26H,4H2,1-3H3/t22-/m0/s1. The fourth-order valence-electron chi connectivity index (χ4n) is 3.55. The number of methoxy groups -OCH3 is 1. The summed E-state index contributed by atoms with van der Waals surface area (Å²) in [5, 5.41) is 4.04. The highest BCUT2D eigenvalue weighted by Gasteiger charge is 2.39. The first-order valence-corrected chi connectivity index (χ1v) is 10.0. The zero-order chi connectivity index (χ0) is 21.3. The fraction of sp³-hybridized carbons (Fsp3) is 0.217. The average molecular weight is 424 g/mol. The number of aromatic nitrogens is 1. The molecule has 1 aliphatic rings. The zero-order valence-corrected chi connectivity index (χ0v) is 17.7. The summed E-state index contributed by atoms with van der Waals surface area (Å²) in [6.45, 7) is 4.43. The van der Waals surface area contributed by atoms with Gasteiger partial charge >= 0.3 is 0 Å². The van der Waals surface area contributed by atoms with E-state index in [1.807, 2.05) is 44.2 Å². The Morgan fingerprint density at radius 1 is 1.20 bits per heavy atom. The van der Waals surface area contributed by atoms with Crippen LogP contribution in [0, 0.1) is 6.92 Å². The molecule has 1 aliphatic heterocycles. The Labute approximate surface area is 180 Å². The minimum atomic E-state index is -0.499. The van der Waals surface area contributed by atoms with E-state index in [9.17, 15) is 4.79 Å². The molecule has 30 heavy (non-hydrogen) atoms. The second kappa shape index (κ2) is 8.24. The minimum Gasteiger partial charge on any atom is -0.495 e. The normalized spacial score (nSPS) is 15.1. The molecule has 6 nitrogen and oxygen atoms in total. The number of hydrogen-bond donors (Lipinski definition) is 1. The third-order valence-corrected chi connectivity index (χ3v) is 5.41. The molecule has 154 valence electrons. The number of benzene rings is 2. The van der Waals surface area contributed by atoms with Gasteiger partial charge in [-0.1, -0.05) is 11.6 Å². The lowest BCUT2D eigenvalue weighted by molar-refractivity contribution is 0.0993. The van der Waals surface area contributed by atoms with Crippen LogP contribution in [-0.4, -0.2) is 24.6 Å². The van der Waals surface area contributed by atoms with Crippen molar-refractivity contribution in [3.63, 3.8) is 0 Å². The topological polar surface area (TPSA) is 63.7 Å². The van der Waals surface area contributed by atoms with Gasteiger partial charge in [0.15, 0.2) is 6.17 Å². The predicted octanol–water partition coefficient (Wildman–Crippen LogP) is 5.22. The van der Waals surface area contributed by atoms with Gasteiger partial charge in [-0.2, -0.15) is 0 Å². The monoisotopic (exact) mass is 423 g/mol. The number of fused-ring (bicyclic) bond motifs is 1. The number of rotatable bonds is 6. The molecule has 0 aliphatic carbocycles. The van der Waals surface area contributed by atoms with Gasteiger partial charge in [-0.05, 0) is 61.9 Å². The summed E-state index contributed by atoms with van der Waals surface area (Å²) in [6, 6.07) is 14.7. The third kappa shape index (κ3) is 3.55. The molecule has 0 saturated heterocycles. The van der Waals surface area contributed by atoms with Crippen LogP contribution in [0.2, 0.25) is 5.02 Å². The van der Waals surface area contributed by atoms with Gasteiger partial charge < -0.3 is 14.8 Å². The fourth-order valence-corrected chi connectivity index (χ4v) is 3.70. The summed E-state index contributed by atoms with van der Waals surface area (Å²) < 4.78 is 11.0. The van der Waals surface area contributed by atoms with Crippen LogP contribution in [0.25, 0.3) is 0 Å². The van der Waals surface area contributed by atoms with Crippen LogP contribution in [0.4, 0.5) is 11.4 Å². The Hall–Kier alpha value is -3.25. The van der Waals surface area contributed by atoms with Gasteiger partial charge in [0.1, 0.15) is 11.5 Å². The number of amides is 1. The molecule has 1 amide bonds. The van der Waals surface area contributed by atoms with E-state index in [4.69, 9.17) is 21.1 Å². The van der Waals surface area contributed by atoms with Gasteiger partial charge in [-0.25, -0.2) is 0 Å². The van der Waals surface area contributed by atoms with Crippen molar-refractivity contribution >= 4 is 28.9 Å². The molecule has 0 unspecified atom stereocenters. The summed E-state index contributed by atoms with van der Waals surface area (Å²) in [7, 11) is 1.59. The highest BCUT2D eigenvalue weighted by Crippen LogP contribution is 2.40. The Balaban J connectivity index is 1.76. The van der Waals surface area contributed by atoms with Crippen molar-refractivity contribution in [2.45, 2.75) is 20.0 Å². The third-order valence-electron chi connectivity index (χ3n) is 5.00. The van der Waals surface area contributed by atoms with Crippen LogP contribution < -0.4 is 19.7 Å². The summed E-state index contributed by atoms with van der Waals surface area (Å²) in [5.74, 6) is 1.22. The van der Waals surface area contributed by atoms with Crippen LogP contribution in [0.5, 0.6) is 11.5 Å². The maximum atomic E-state index is 13.2. The molecule has 2 heterocycles. The molecule has 0 saturated carbocycles. The van der Waals surface area contributed by atoms with Crippen molar-refractivity contribution in [3.05, 3.63) is 76.6 Å². The molecule has 1 N–H and O–H groups in total. The van der Waals surface area contributed by atoms with Crippen LogP contribution in [0.15, 0.2) is 54.7 Å². The van der Waals surface area contributed by atoms with E-state index in [1.165, 1.54) is 0 Å². The molecule has 4 rings (SSSR count). The summed E-state index contributed by atoms with van der Waals surface area (Å²) in [6.07, 6.45) is 1.19. The van der Waals surface area contributed by atoms with E-state index in [0.717, 1.165) is 22.7 Å². The summed E-state index contributed by atoms with van der Waals surface area (Å²) in [4.78, 5) is 19.4. The average Bonchev–Trinajstić information content (AvgIpc) is 3.03. The Bertz CT molecular complexity index is 1090. The van der Waals surface area contributed by atoms with E-state index >= 15 is 0 Å². The highest BCUT2D eigenvalue weighted by molar-refractivity contribution is 6.31. The molecule has 7 heteroatoms. The van der Waals surface area contributed by atoms with E-state index < -0.39 is 6.17 Å². The summed E-state index contributed by atoms with van der Waals surface area (Å²) >= 11 is 6.25. The number of carbonyl (C=O) groups is 1. The van der Waals surface area contributed by atoms with Gasteiger partial charge in [-0.3, -0.25) is 14.7 Å². The molecule has 1 aromatic heterocycles. The highest BCUT2D eigenvalue weighted by atomic mass is 35.5. The van der Waals surface area contributed by atoms with Crippen molar-refractivity contribution in [3.8, 4) is 11.5 Å². The molecular formula is C23H22ClN3O3. The van der Waals surface area contributed by atoms with E-state index in [1.54, 1.807) is 36.4 Å². The molecule has 0 spiro atoms. The van der Waals surface area contributed by atoms with Crippen LogP contribution in [-0.2, 0) is 0 Å². The van der Waals surface area contributed by atoms with Crippen molar-refractivity contribution < 1.29 is 14.3 Å². The number of pyridine rings is 1. The van der Waals surface area contributed by atoms with E-state index in [0.29, 0.717) is 28.6 Å². The van der Waals surface area contributed by atoms with Crippen molar-refractivity contribution in [2.24, 2.45) is 0 Å². The zero-order valence-electron chi connectivity index (χ0n) is 17.0. The second-order valence-corrected chi connectivity index (χ2v) is 7.29. The SMILES string of the molecule is CCOc1ccc(N2C(=O)c3cccnc3[C@H]2Nc2cc(C)c(Cl)cc2OC)cc1. The number of nitrogens with zero attached hydrogens (tertiary/aromatic N) is 2. The molecular weight excluding hydrogens is 402 g/mol. The molecule has 2 aromatic carbocycles. The number of aryl methyl sites for hydroxylation is 1. The first kappa shape index (κ1) is 20.0. The predicted molar refractivity (Wildman–Crippen MR) is 118 cm³/mol. The van der Waals surface area contributed by atoms with Gasteiger partial charge in [0.2, 0.25) is 0 Å². The largest absolute Gasteiger partial charge is 0.495 e. The Kier molecular flexibility index (Phi) is 5.50. The van der Waals surface area contributed by atoms with E-state index in [-0.39, 0.29) is 5.91 Å². The molecule has 3 aromatic rings. The van der Waals surface area contributed by atoms with Gasteiger partial charge in [0.25, 0.3) is 5.91 Å². The van der Waals surface area contributed by atoms with Gasteiger partial charge in [0, 0.05) is 23.0 Å². The lowest BCUT2D eigenvalue weighted by Crippen LogP contribution is -2.32. The van der Waals surface area contributed by atoms with Crippen molar-refractivity contribution in [1.82, 2.24) is 4.98 Å². The lowest BCUT2D eigenvalue weighted by Gasteiger charge is -2.27. The van der Waals surface area contributed by atoms with Gasteiger partial charge in [-0.15, -0.1) is 0 Å². The first-order valence-electron chi connectivity index (χ1n) is 9.65. The number of halogens is 1. The first-order chi connectivity index (χ1) is 14.5. The molecule has 0 radical (unpaired) electrons. The number of ether oxygens (including phenoxy) is 2.